The fourth-order valence-corrected chi connectivity index (χ4v) is 6.70. The summed E-state index contributed by atoms with van der Waals surface area (Å²) in [7, 11) is -3.48. The molecule has 0 saturated carbocycles. The highest BCUT2D eigenvalue weighted by atomic mass is 32.2. The standard InChI is InChI=1S/C29H31N7O4S/c1-17(37)26-27(20-12-21-9-10-22(13-20)35(21)25(38)16-33-41(2,39)40)34-29-23(15-32-36(29)28(26)30)19-8-11-24(31-14-19)18-6-4-3-5-7-18/h3-8,11,14-15,20-22,33H,9-10,12-13,16,30H2,1-2H3/t20-,21+,22-. The molecule has 0 radical (unpaired) electrons. The Morgan fingerprint density at radius 2 is 1.73 bits per heavy atom. The van der Waals surface area contributed by atoms with Gasteiger partial charge in [-0.25, -0.2) is 18.1 Å². The van der Waals surface area contributed by atoms with Crippen molar-refractivity contribution in [2.24, 2.45) is 0 Å². The maximum absolute atomic E-state index is 12.9. The number of carbonyl (C=O) groups is 2. The lowest BCUT2D eigenvalue weighted by Gasteiger charge is -2.39. The minimum absolute atomic E-state index is 0.0641. The molecule has 41 heavy (non-hydrogen) atoms. The largest absolute Gasteiger partial charge is 0.383 e. The Labute approximate surface area is 237 Å². The molecular weight excluding hydrogens is 542 g/mol. The van der Waals surface area contributed by atoms with Crippen molar-refractivity contribution in [1.82, 2.24) is 29.2 Å². The predicted molar refractivity (Wildman–Crippen MR) is 155 cm³/mol. The van der Waals surface area contributed by atoms with E-state index in [0.29, 0.717) is 29.7 Å². The SMILES string of the molecule is CC(=O)c1c([C@H]2C[C@H]3CC[C@@H](C2)N3C(=O)CNS(C)(=O)=O)nc2c(-c3ccc(-c4ccccc4)nc3)cnn2c1N. The maximum atomic E-state index is 12.9. The first kappa shape index (κ1) is 27.0. The van der Waals surface area contributed by atoms with E-state index in [0.717, 1.165) is 41.5 Å². The third-order valence-corrected chi connectivity index (χ3v) is 8.77. The summed E-state index contributed by atoms with van der Waals surface area (Å²) in [5, 5.41) is 4.46. The fourth-order valence-electron chi connectivity index (χ4n) is 6.32. The van der Waals surface area contributed by atoms with Crippen LogP contribution >= 0.6 is 0 Å². The van der Waals surface area contributed by atoms with Crippen molar-refractivity contribution in [3.05, 3.63) is 66.1 Å². The lowest BCUT2D eigenvalue weighted by molar-refractivity contribution is -0.134. The zero-order valence-electron chi connectivity index (χ0n) is 22.8. The van der Waals surface area contributed by atoms with Gasteiger partial charge in [0.05, 0.1) is 35.9 Å². The van der Waals surface area contributed by atoms with Crippen LogP contribution in [0.3, 0.4) is 0 Å². The number of hydrogen-bond donors (Lipinski definition) is 2. The highest BCUT2D eigenvalue weighted by molar-refractivity contribution is 7.88. The number of nitrogen functional groups attached to an aromatic ring is 1. The molecule has 2 saturated heterocycles. The Balaban J connectivity index is 1.34. The predicted octanol–water partition coefficient (Wildman–Crippen LogP) is 3.03. The molecule has 0 unspecified atom stereocenters. The van der Waals surface area contributed by atoms with Crippen molar-refractivity contribution < 1.29 is 18.0 Å². The quantitative estimate of drug-likeness (QED) is 0.320. The first-order chi connectivity index (χ1) is 19.6. The summed E-state index contributed by atoms with van der Waals surface area (Å²) in [5.74, 6) is -0.283. The smallest absolute Gasteiger partial charge is 0.238 e. The second kappa shape index (κ2) is 10.3. The summed E-state index contributed by atoms with van der Waals surface area (Å²) >= 11 is 0. The van der Waals surface area contributed by atoms with E-state index in [1.54, 1.807) is 12.4 Å². The number of piperidine rings is 1. The molecule has 1 amide bonds. The van der Waals surface area contributed by atoms with Crippen molar-refractivity contribution in [3.63, 3.8) is 0 Å². The van der Waals surface area contributed by atoms with Crippen LogP contribution in [0.1, 0.15) is 54.6 Å². The zero-order valence-corrected chi connectivity index (χ0v) is 23.6. The molecule has 1 aromatic carbocycles. The molecule has 12 heteroatoms. The van der Waals surface area contributed by atoms with E-state index in [4.69, 9.17) is 10.7 Å². The number of nitrogens with one attached hydrogen (secondary N) is 1. The van der Waals surface area contributed by atoms with Gasteiger partial charge in [0.15, 0.2) is 11.4 Å². The van der Waals surface area contributed by atoms with Crippen molar-refractivity contribution >= 4 is 33.2 Å². The minimum atomic E-state index is -3.48. The highest BCUT2D eigenvalue weighted by Crippen LogP contribution is 2.44. The number of aromatic nitrogens is 4. The van der Waals surface area contributed by atoms with E-state index in [-0.39, 0.29) is 42.1 Å². The van der Waals surface area contributed by atoms with Crippen LogP contribution in [0, 0.1) is 0 Å². The molecular formula is C29H31N7O4S. The Morgan fingerprint density at radius 3 is 2.34 bits per heavy atom. The number of sulfonamides is 1. The number of Topliss-reactive ketones (excluding diaryl/α,β-unsaturated/α-hetero) is 1. The van der Waals surface area contributed by atoms with E-state index < -0.39 is 10.0 Å². The van der Waals surface area contributed by atoms with Gasteiger partial charge >= 0.3 is 0 Å². The van der Waals surface area contributed by atoms with Crippen LogP contribution in [0.4, 0.5) is 5.82 Å². The Kier molecular flexibility index (Phi) is 6.82. The number of amides is 1. The molecule has 3 aromatic heterocycles. The first-order valence-electron chi connectivity index (χ1n) is 13.6. The van der Waals surface area contributed by atoms with Crippen LogP contribution in [-0.4, -0.2) is 69.5 Å². The number of fused-ring (bicyclic) bond motifs is 3. The molecule has 11 nitrogen and oxygen atoms in total. The number of ketones is 1. The molecule has 3 N–H and O–H groups in total. The lowest BCUT2D eigenvalue weighted by atomic mass is 9.85. The molecule has 0 aliphatic carbocycles. The summed E-state index contributed by atoms with van der Waals surface area (Å²) in [5.41, 5.74) is 11.5. The average Bonchev–Trinajstić information content (AvgIpc) is 3.49. The van der Waals surface area contributed by atoms with Gasteiger partial charge in [0.25, 0.3) is 0 Å². The number of carbonyl (C=O) groups excluding carboxylic acids is 2. The van der Waals surface area contributed by atoms with E-state index >= 15 is 0 Å². The van der Waals surface area contributed by atoms with Gasteiger partial charge < -0.3 is 10.6 Å². The van der Waals surface area contributed by atoms with Gasteiger partial charge in [-0.2, -0.15) is 9.61 Å². The molecule has 6 rings (SSSR count). The second-order valence-electron chi connectivity index (χ2n) is 10.9. The molecule has 5 heterocycles. The monoisotopic (exact) mass is 573 g/mol. The summed E-state index contributed by atoms with van der Waals surface area (Å²) in [4.78, 5) is 37.2. The summed E-state index contributed by atoms with van der Waals surface area (Å²) in [6.45, 7) is 1.21. The molecule has 212 valence electrons. The van der Waals surface area contributed by atoms with Crippen molar-refractivity contribution in [3.8, 4) is 22.4 Å². The number of nitrogens with two attached hydrogens (primary N) is 1. The maximum Gasteiger partial charge on any atom is 0.238 e. The third-order valence-electron chi connectivity index (χ3n) is 8.10. The van der Waals surface area contributed by atoms with E-state index in [1.807, 2.05) is 47.4 Å². The number of pyridine rings is 1. The summed E-state index contributed by atoms with van der Waals surface area (Å²) in [6, 6.07) is 13.7. The van der Waals surface area contributed by atoms with Crippen LogP contribution in [-0.2, 0) is 14.8 Å². The molecule has 2 aliphatic rings. The Bertz CT molecular complexity index is 1740. The second-order valence-corrected chi connectivity index (χ2v) is 12.7. The topological polar surface area (TPSA) is 153 Å². The molecule has 0 spiro atoms. The molecule has 3 atom stereocenters. The normalized spacial score (nSPS) is 20.4. The minimum Gasteiger partial charge on any atom is -0.383 e. The van der Waals surface area contributed by atoms with Gasteiger partial charge in [-0.3, -0.25) is 14.6 Å². The van der Waals surface area contributed by atoms with E-state index in [9.17, 15) is 18.0 Å². The number of nitrogens with zero attached hydrogens (tertiary/aromatic N) is 5. The Hall–Kier alpha value is -4.16. The fraction of sp³-hybridized carbons (Fsp3) is 0.345. The molecule has 4 aromatic rings. The van der Waals surface area contributed by atoms with Crippen LogP contribution in [0.2, 0.25) is 0 Å². The number of anilines is 1. The van der Waals surface area contributed by atoms with Gasteiger partial charge in [0, 0.05) is 40.9 Å². The van der Waals surface area contributed by atoms with Gasteiger partial charge in [-0.15, -0.1) is 0 Å². The number of rotatable bonds is 7. The van der Waals surface area contributed by atoms with Gasteiger partial charge in [-0.05, 0) is 38.7 Å². The number of hydrogen-bond acceptors (Lipinski definition) is 8. The van der Waals surface area contributed by atoms with Crippen LogP contribution in [0.15, 0.2) is 54.9 Å². The first-order valence-corrected chi connectivity index (χ1v) is 15.5. The van der Waals surface area contributed by atoms with Crippen molar-refractivity contribution in [2.45, 2.75) is 50.6 Å². The van der Waals surface area contributed by atoms with Gasteiger partial charge in [0.2, 0.25) is 15.9 Å². The van der Waals surface area contributed by atoms with Crippen LogP contribution in [0.25, 0.3) is 28.0 Å². The Morgan fingerprint density at radius 1 is 1.02 bits per heavy atom. The molecule has 2 fully saturated rings. The van der Waals surface area contributed by atoms with Crippen LogP contribution < -0.4 is 10.5 Å². The third kappa shape index (κ3) is 5.08. The number of benzene rings is 1. The van der Waals surface area contributed by atoms with Crippen molar-refractivity contribution in [1.29, 1.82) is 0 Å². The van der Waals surface area contributed by atoms with Gasteiger partial charge in [-0.1, -0.05) is 36.4 Å². The zero-order chi connectivity index (χ0) is 28.9. The lowest BCUT2D eigenvalue weighted by Crippen LogP contribution is -2.49. The summed E-state index contributed by atoms with van der Waals surface area (Å²) in [6.07, 6.45) is 7.36. The highest BCUT2D eigenvalue weighted by Gasteiger charge is 2.45. The van der Waals surface area contributed by atoms with Gasteiger partial charge in [0.1, 0.15) is 5.82 Å². The average molecular weight is 574 g/mol. The molecule has 2 bridgehead atoms. The van der Waals surface area contributed by atoms with E-state index in [1.165, 1.54) is 11.4 Å². The molecule has 2 aliphatic heterocycles. The summed E-state index contributed by atoms with van der Waals surface area (Å²) < 4.78 is 26.8. The van der Waals surface area contributed by atoms with E-state index in [2.05, 4.69) is 14.8 Å². The van der Waals surface area contributed by atoms with Crippen LogP contribution in [0.5, 0.6) is 0 Å². The van der Waals surface area contributed by atoms with Crippen molar-refractivity contribution in [2.75, 3.05) is 18.5 Å².